The van der Waals surface area contributed by atoms with Crippen molar-refractivity contribution in [1.82, 2.24) is 4.90 Å². The molecule has 1 aliphatic heterocycles. The number of hydrogen-bond acceptors (Lipinski definition) is 1. The summed E-state index contributed by atoms with van der Waals surface area (Å²) in [5.74, 6) is 0.519. The van der Waals surface area contributed by atoms with Crippen molar-refractivity contribution >= 4 is 27.5 Å². The zero-order chi connectivity index (χ0) is 12.3. The zero-order valence-corrected chi connectivity index (χ0v) is 12.0. The molecule has 1 aliphatic rings. The van der Waals surface area contributed by atoms with Crippen LogP contribution in [0.1, 0.15) is 18.4 Å². The third-order valence-electron chi connectivity index (χ3n) is 3.30. The normalized spacial score (nSPS) is 21.0. The van der Waals surface area contributed by atoms with Gasteiger partial charge in [0.15, 0.2) is 0 Å². The molecular formula is C13H16BrClFN. The molecule has 1 fully saturated rings. The monoisotopic (exact) mass is 319 g/mol. The van der Waals surface area contributed by atoms with Gasteiger partial charge in [0.05, 0.1) is 0 Å². The molecule has 0 radical (unpaired) electrons. The summed E-state index contributed by atoms with van der Waals surface area (Å²) < 4.78 is 12.9. The molecular weight excluding hydrogens is 305 g/mol. The molecule has 0 spiro atoms. The van der Waals surface area contributed by atoms with Crippen LogP contribution in [0.3, 0.4) is 0 Å². The van der Waals surface area contributed by atoms with E-state index in [1.165, 1.54) is 25.0 Å². The lowest BCUT2D eigenvalue weighted by Gasteiger charge is -2.16. The molecule has 1 heterocycles. The summed E-state index contributed by atoms with van der Waals surface area (Å²) >= 11 is 9.52. The van der Waals surface area contributed by atoms with Crippen LogP contribution in [0.2, 0.25) is 5.02 Å². The Kier molecular flexibility index (Phi) is 4.83. The van der Waals surface area contributed by atoms with E-state index in [4.69, 9.17) is 11.6 Å². The molecule has 4 heteroatoms. The quantitative estimate of drug-likeness (QED) is 0.755. The van der Waals surface area contributed by atoms with Crippen LogP contribution < -0.4 is 0 Å². The Labute approximate surface area is 115 Å². The van der Waals surface area contributed by atoms with Crippen LogP contribution in [-0.4, -0.2) is 23.3 Å². The van der Waals surface area contributed by atoms with Gasteiger partial charge in [0.1, 0.15) is 5.82 Å². The second-order valence-electron chi connectivity index (χ2n) is 4.60. The van der Waals surface area contributed by atoms with Crippen molar-refractivity contribution in [2.45, 2.75) is 19.4 Å². The molecule has 94 valence electrons. The SMILES string of the molecule is Fc1ccc(CN2CCC(CCBr)C2)c(Cl)c1. The first-order valence-electron chi connectivity index (χ1n) is 5.91. The molecule has 0 N–H and O–H groups in total. The fraction of sp³-hybridized carbons (Fsp3) is 0.538. The highest BCUT2D eigenvalue weighted by Gasteiger charge is 2.22. The van der Waals surface area contributed by atoms with E-state index in [-0.39, 0.29) is 5.82 Å². The van der Waals surface area contributed by atoms with E-state index in [1.807, 2.05) is 0 Å². The van der Waals surface area contributed by atoms with Crippen molar-refractivity contribution in [3.8, 4) is 0 Å². The van der Waals surface area contributed by atoms with Gasteiger partial charge in [-0.15, -0.1) is 0 Å². The highest BCUT2D eigenvalue weighted by Crippen LogP contribution is 2.25. The summed E-state index contributed by atoms with van der Waals surface area (Å²) in [4.78, 5) is 2.40. The van der Waals surface area contributed by atoms with Gasteiger partial charge in [0.2, 0.25) is 0 Å². The summed E-state index contributed by atoms with van der Waals surface area (Å²) in [7, 11) is 0. The summed E-state index contributed by atoms with van der Waals surface area (Å²) in [6, 6.07) is 4.66. The lowest BCUT2D eigenvalue weighted by Crippen LogP contribution is -2.20. The molecule has 1 nitrogen and oxygen atoms in total. The van der Waals surface area contributed by atoms with Crippen LogP contribution in [0.5, 0.6) is 0 Å². The Hall–Kier alpha value is -0.120. The van der Waals surface area contributed by atoms with Gasteiger partial charge in [-0.1, -0.05) is 33.6 Å². The molecule has 17 heavy (non-hydrogen) atoms. The first kappa shape index (κ1) is 13.3. The third kappa shape index (κ3) is 3.67. The van der Waals surface area contributed by atoms with Crippen molar-refractivity contribution in [3.05, 3.63) is 34.6 Å². The van der Waals surface area contributed by atoms with Gasteiger partial charge in [-0.25, -0.2) is 4.39 Å². The molecule has 1 aromatic rings. The van der Waals surface area contributed by atoms with Crippen LogP contribution in [-0.2, 0) is 6.54 Å². The standard InChI is InChI=1S/C13H16BrClFN/c14-5-3-10-4-6-17(8-10)9-11-1-2-12(16)7-13(11)15/h1-2,7,10H,3-6,8-9H2. The number of hydrogen-bond donors (Lipinski definition) is 0. The van der Waals surface area contributed by atoms with Crippen molar-refractivity contribution in [1.29, 1.82) is 0 Å². The average molecular weight is 321 g/mol. The van der Waals surface area contributed by atoms with Crippen LogP contribution >= 0.6 is 27.5 Å². The van der Waals surface area contributed by atoms with E-state index in [2.05, 4.69) is 20.8 Å². The van der Waals surface area contributed by atoms with Crippen molar-refractivity contribution in [2.24, 2.45) is 5.92 Å². The van der Waals surface area contributed by atoms with Crippen molar-refractivity contribution in [2.75, 3.05) is 18.4 Å². The molecule has 1 atom stereocenters. The van der Waals surface area contributed by atoms with Crippen molar-refractivity contribution in [3.63, 3.8) is 0 Å². The number of alkyl halides is 1. The molecule has 1 unspecified atom stereocenters. The highest BCUT2D eigenvalue weighted by atomic mass is 79.9. The van der Waals surface area contributed by atoms with E-state index < -0.39 is 0 Å². The van der Waals surface area contributed by atoms with Gasteiger partial charge in [-0.2, -0.15) is 0 Å². The fourth-order valence-electron chi connectivity index (χ4n) is 2.34. The molecule has 1 aromatic carbocycles. The summed E-state index contributed by atoms with van der Waals surface area (Å²) in [6.07, 6.45) is 2.48. The lowest BCUT2D eigenvalue weighted by atomic mass is 10.1. The number of rotatable bonds is 4. The third-order valence-corrected chi connectivity index (χ3v) is 4.11. The minimum absolute atomic E-state index is 0.266. The fourth-order valence-corrected chi connectivity index (χ4v) is 3.21. The summed E-state index contributed by atoms with van der Waals surface area (Å²) in [5.41, 5.74) is 1.02. The van der Waals surface area contributed by atoms with Gasteiger partial charge in [-0.05, 0) is 43.0 Å². The smallest absolute Gasteiger partial charge is 0.124 e. The molecule has 0 bridgehead atoms. The molecule has 2 rings (SSSR count). The Balaban J connectivity index is 1.93. The molecule has 0 saturated carbocycles. The van der Waals surface area contributed by atoms with Gasteiger partial charge in [-0.3, -0.25) is 4.90 Å². The minimum Gasteiger partial charge on any atom is -0.299 e. The average Bonchev–Trinajstić information content (AvgIpc) is 2.71. The molecule has 0 aromatic heterocycles. The first-order chi connectivity index (χ1) is 8.19. The van der Waals surface area contributed by atoms with Crippen LogP contribution in [0.25, 0.3) is 0 Å². The summed E-state index contributed by atoms with van der Waals surface area (Å²) in [6.45, 7) is 3.07. The first-order valence-corrected chi connectivity index (χ1v) is 7.41. The van der Waals surface area contributed by atoms with E-state index in [0.29, 0.717) is 5.02 Å². The Bertz CT molecular complexity index is 386. The van der Waals surface area contributed by atoms with E-state index in [9.17, 15) is 4.39 Å². The second-order valence-corrected chi connectivity index (χ2v) is 5.80. The zero-order valence-electron chi connectivity index (χ0n) is 9.63. The van der Waals surface area contributed by atoms with Crippen LogP contribution in [0, 0.1) is 11.7 Å². The number of nitrogens with zero attached hydrogens (tertiary/aromatic N) is 1. The van der Waals surface area contributed by atoms with E-state index in [0.717, 1.165) is 36.4 Å². The lowest BCUT2D eigenvalue weighted by molar-refractivity contribution is 0.315. The predicted molar refractivity (Wildman–Crippen MR) is 73.2 cm³/mol. The maximum atomic E-state index is 12.9. The Morgan fingerprint density at radius 3 is 3.00 bits per heavy atom. The Morgan fingerprint density at radius 1 is 1.47 bits per heavy atom. The second kappa shape index (κ2) is 6.17. The van der Waals surface area contributed by atoms with Gasteiger partial charge in [0.25, 0.3) is 0 Å². The van der Waals surface area contributed by atoms with Gasteiger partial charge in [0, 0.05) is 23.4 Å². The van der Waals surface area contributed by atoms with Crippen LogP contribution in [0.4, 0.5) is 4.39 Å². The van der Waals surface area contributed by atoms with Gasteiger partial charge >= 0.3 is 0 Å². The highest BCUT2D eigenvalue weighted by molar-refractivity contribution is 9.09. The van der Waals surface area contributed by atoms with E-state index >= 15 is 0 Å². The number of likely N-dealkylation sites (tertiary alicyclic amines) is 1. The van der Waals surface area contributed by atoms with E-state index in [1.54, 1.807) is 6.07 Å². The number of halogens is 3. The van der Waals surface area contributed by atoms with Crippen molar-refractivity contribution < 1.29 is 4.39 Å². The Morgan fingerprint density at radius 2 is 2.29 bits per heavy atom. The maximum Gasteiger partial charge on any atom is 0.124 e. The topological polar surface area (TPSA) is 3.24 Å². The predicted octanol–water partition coefficient (Wildman–Crippen LogP) is 4.09. The summed E-state index contributed by atoms with van der Waals surface area (Å²) in [5, 5.41) is 1.61. The number of benzene rings is 1. The van der Waals surface area contributed by atoms with Crippen LogP contribution in [0.15, 0.2) is 18.2 Å². The largest absolute Gasteiger partial charge is 0.299 e. The maximum absolute atomic E-state index is 12.9. The molecule has 0 aliphatic carbocycles. The molecule has 1 saturated heterocycles. The minimum atomic E-state index is -0.266. The van der Waals surface area contributed by atoms with Gasteiger partial charge < -0.3 is 0 Å². The molecule has 0 amide bonds.